The lowest BCUT2D eigenvalue weighted by atomic mass is 10.3. The van der Waals surface area contributed by atoms with Crippen LogP contribution in [0.4, 0.5) is 11.5 Å². The van der Waals surface area contributed by atoms with Crippen LogP contribution in [0.25, 0.3) is 16.9 Å². The quantitative estimate of drug-likeness (QED) is 0.591. The first-order valence-corrected chi connectivity index (χ1v) is 9.59. The van der Waals surface area contributed by atoms with E-state index in [2.05, 4.69) is 25.4 Å². The van der Waals surface area contributed by atoms with Gasteiger partial charge in [0.05, 0.1) is 28.7 Å². The number of hydrogen-bond donors (Lipinski definition) is 1. The van der Waals surface area contributed by atoms with Crippen molar-refractivity contribution in [1.29, 1.82) is 0 Å². The second-order valence-electron chi connectivity index (χ2n) is 5.63. The molecule has 0 amide bonds. The molecule has 0 atom stereocenters. The zero-order chi connectivity index (χ0) is 18.1. The van der Waals surface area contributed by atoms with E-state index in [4.69, 9.17) is 0 Å². The molecule has 26 heavy (non-hydrogen) atoms. The molecule has 1 N–H and O–H groups in total. The third-order valence-corrected chi connectivity index (χ3v) is 4.84. The summed E-state index contributed by atoms with van der Waals surface area (Å²) in [4.78, 5) is 13.0. The van der Waals surface area contributed by atoms with Gasteiger partial charge < -0.3 is 5.32 Å². The van der Waals surface area contributed by atoms with E-state index in [-0.39, 0.29) is 4.90 Å². The van der Waals surface area contributed by atoms with E-state index in [1.807, 2.05) is 6.07 Å². The van der Waals surface area contributed by atoms with Crippen LogP contribution in [0.5, 0.6) is 0 Å². The highest BCUT2D eigenvalue weighted by Crippen LogP contribution is 2.22. The molecule has 8 nitrogen and oxygen atoms in total. The number of nitrogens with zero attached hydrogens (tertiary/aromatic N) is 5. The van der Waals surface area contributed by atoms with Gasteiger partial charge in [0, 0.05) is 18.6 Å². The number of aromatic nitrogens is 5. The smallest absolute Gasteiger partial charge is 0.180 e. The van der Waals surface area contributed by atoms with Crippen LogP contribution in [0.3, 0.4) is 0 Å². The van der Waals surface area contributed by atoms with Crippen LogP contribution in [-0.4, -0.2) is 39.4 Å². The summed E-state index contributed by atoms with van der Waals surface area (Å²) in [6, 6.07) is 10.3. The van der Waals surface area contributed by atoms with Crippen LogP contribution in [-0.2, 0) is 9.84 Å². The number of sulfone groups is 1. The maximum absolute atomic E-state index is 12.0. The molecule has 0 aliphatic rings. The lowest BCUT2D eigenvalue weighted by Gasteiger charge is -2.07. The van der Waals surface area contributed by atoms with Crippen molar-refractivity contribution < 1.29 is 8.42 Å². The van der Waals surface area contributed by atoms with Crippen molar-refractivity contribution in [2.45, 2.75) is 4.90 Å². The largest absolute Gasteiger partial charge is 0.338 e. The summed E-state index contributed by atoms with van der Waals surface area (Å²) in [5.74, 6) is 0.592. The van der Waals surface area contributed by atoms with Crippen LogP contribution >= 0.6 is 0 Å². The molecule has 0 bridgehead atoms. The SMILES string of the molecule is CS(=O)(=O)c1ccccc1-n1cc(Nc2ccc3nccnc3n2)cn1. The van der Waals surface area contributed by atoms with Crippen molar-refractivity contribution >= 4 is 32.5 Å². The summed E-state index contributed by atoms with van der Waals surface area (Å²) in [5, 5.41) is 7.39. The van der Waals surface area contributed by atoms with E-state index in [9.17, 15) is 8.42 Å². The monoisotopic (exact) mass is 366 g/mol. The van der Waals surface area contributed by atoms with Crippen LogP contribution in [0.15, 0.2) is 66.1 Å². The summed E-state index contributed by atoms with van der Waals surface area (Å²) in [7, 11) is -3.36. The third kappa shape index (κ3) is 3.11. The van der Waals surface area contributed by atoms with Gasteiger partial charge in [-0.2, -0.15) is 5.10 Å². The maximum atomic E-state index is 12.0. The predicted molar refractivity (Wildman–Crippen MR) is 97.3 cm³/mol. The van der Waals surface area contributed by atoms with Crippen LogP contribution in [0, 0.1) is 0 Å². The molecule has 4 rings (SSSR count). The first-order chi connectivity index (χ1) is 12.5. The van der Waals surface area contributed by atoms with Gasteiger partial charge in [0.15, 0.2) is 15.5 Å². The van der Waals surface area contributed by atoms with Gasteiger partial charge >= 0.3 is 0 Å². The highest BCUT2D eigenvalue weighted by molar-refractivity contribution is 7.90. The standard InChI is InChI=1S/C17H14N6O2S/c1-26(24,25)15-5-3-2-4-14(15)23-11-12(10-20-23)21-16-7-6-13-17(22-16)19-9-8-18-13/h2-11H,1H3,(H,19,21,22). The van der Waals surface area contributed by atoms with Crippen molar-refractivity contribution in [2.24, 2.45) is 0 Å². The molecule has 0 radical (unpaired) electrons. The number of pyridine rings is 1. The molecule has 0 saturated heterocycles. The van der Waals surface area contributed by atoms with Crippen molar-refractivity contribution in [1.82, 2.24) is 24.7 Å². The zero-order valence-electron chi connectivity index (χ0n) is 13.7. The zero-order valence-corrected chi connectivity index (χ0v) is 14.6. The second kappa shape index (κ2) is 6.19. The number of hydrogen-bond acceptors (Lipinski definition) is 7. The lowest BCUT2D eigenvalue weighted by molar-refractivity contribution is 0.600. The van der Waals surface area contributed by atoms with Gasteiger partial charge in [-0.1, -0.05) is 12.1 Å². The van der Waals surface area contributed by atoms with Gasteiger partial charge in [-0.05, 0) is 24.3 Å². The maximum Gasteiger partial charge on any atom is 0.180 e. The number of benzene rings is 1. The fourth-order valence-corrected chi connectivity index (χ4v) is 3.42. The minimum atomic E-state index is -3.36. The summed E-state index contributed by atoms with van der Waals surface area (Å²) in [5.41, 5.74) is 2.40. The predicted octanol–water partition coefficient (Wildman–Crippen LogP) is 2.36. The van der Waals surface area contributed by atoms with Crippen LogP contribution in [0.1, 0.15) is 0 Å². The second-order valence-corrected chi connectivity index (χ2v) is 7.62. The van der Waals surface area contributed by atoms with Crippen molar-refractivity contribution in [3.05, 3.63) is 61.2 Å². The molecule has 130 valence electrons. The molecule has 1 aromatic carbocycles. The topological polar surface area (TPSA) is 103 Å². The summed E-state index contributed by atoms with van der Waals surface area (Å²) in [6.07, 6.45) is 7.67. The first-order valence-electron chi connectivity index (χ1n) is 7.70. The lowest BCUT2D eigenvalue weighted by Crippen LogP contribution is -2.05. The molecule has 0 aliphatic heterocycles. The molecule has 3 aromatic heterocycles. The van der Waals surface area contributed by atoms with Gasteiger partial charge in [0.2, 0.25) is 0 Å². The van der Waals surface area contributed by atoms with E-state index >= 15 is 0 Å². The summed E-state index contributed by atoms with van der Waals surface area (Å²) >= 11 is 0. The molecule has 0 aliphatic carbocycles. The van der Waals surface area contributed by atoms with Crippen molar-refractivity contribution in [2.75, 3.05) is 11.6 Å². The highest BCUT2D eigenvalue weighted by atomic mass is 32.2. The average molecular weight is 366 g/mol. The normalized spacial score (nSPS) is 11.6. The van der Waals surface area contributed by atoms with Crippen LogP contribution in [0.2, 0.25) is 0 Å². The van der Waals surface area contributed by atoms with Gasteiger partial charge in [-0.25, -0.2) is 23.1 Å². The fraction of sp³-hybridized carbons (Fsp3) is 0.0588. The Hall–Kier alpha value is -3.33. The van der Waals surface area contributed by atoms with E-state index in [1.54, 1.807) is 55.1 Å². The van der Waals surface area contributed by atoms with E-state index in [1.165, 1.54) is 10.9 Å². The van der Waals surface area contributed by atoms with Gasteiger partial charge in [0.1, 0.15) is 11.3 Å². The minimum absolute atomic E-state index is 0.216. The number of rotatable bonds is 4. The Bertz CT molecular complexity index is 1200. The summed E-state index contributed by atoms with van der Waals surface area (Å²) < 4.78 is 25.5. The van der Waals surface area contributed by atoms with Gasteiger partial charge in [-0.3, -0.25) is 4.98 Å². The van der Waals surface area contributed by atoms with Crippen molar-refractivity contribution in [3.8, 4) is 5.69 Å². The number of fused-ring (bicyclic) bond motifs is 1. The Kier molecular flexibility index (Phi) is 3.85. The molecule has 0 unspecified atom stereocenters. The van der Waals surface area contributed by atoms with E-state index in [0.717, 1.165) is 0 Å². The van der Waals surface area contributed by atoms with Gasteiger partial charge in [0.25, 0.3) is 0 Å². The average Bonchev–Trinajstić information content (AvgIpc) is 3.09. The Morgan fingerprint density at radius 3 is 2.69 bits per heavy atom. The number of anilines is 2. The third-order valence-electron chi connectivity index (χ3n) is 3.70. The molecule has 9 heteroatoms. The fourth-order valence-electron chi connectivity index (χ4n) is 2.55. The Morgan fingerprint density at radius 2 is 1.85 bits per heavy atom. The molecular formula is C17H14N6O2S. The molecule has 0 saturated carbocycles. The molecule has 3 heterocycles. The van der Waals surface area contributed by atoms with E-state index in [0.29, 0.717) is 28.4 Å². The van der Waals surface area contributed by atoms with Crippen LogP contribution < -0.4 is 5.32 Å². The van der Waals surface area contributed by atoms with E-state index < -0.39 is 9.84 Å². The Labute approximate surface area is 149 Å². The Balaban J connectivity index is 1.66. The Morgan fingerprint density at radius 1 is 1.04 bits per heavy atom. The van der Waals surface area contributed by atoms with Crippen molar-refractivity contribution in [3.63, 3.8) is 0 Å². The molecule has 4 aromatic rings. The highest BCUT2D eigenvalue weighted by Gasteiger charge is 2.15. The summed E-state index contributed by atoms with van der Waals surface area (Å²) in [6.45, 7) is 0. The molecular weight excluding hydrogens is 352 g/mol. The minimum Gasteiger partial charge on any atom is -0.338 e. The molecule has 0 spiro atoms. The molecule has 0 fully saturated rings. The number of nitrogens with one attached hydrogen (secondary N) is 1. The number of para-hydroxylation sites is 1. The van der Waals surface area contributed by atoms with Gasteiger partial charge in [-0.15, -0.1) is 0 Å². The first kappa shape index (κ1) is 16.2.